The number of nitrogens with zero attached hydrogens (tertiary/aromatic N) is 4. The van der Waals surface area contributed by atoms with E-state index in [9.17, 15) is 4.79 Å². The molecule has 3 aliphatic rings. The molecular formula is C19H24N4O2. The molecular weight excluding hydrogens is 316 g/mol. The van der Waals surface area contributed by atoms with Gasteiger partial charge in [0.1, 0.15) is 5.76 Å². The molecule has 5 rings (SSSR count). The Morgan fingerprint density at radius 3 is 2.80 bits per heavy atom. The van der Waals surface area contributed by atoms with Crippen LogP contribution in [0.5, 0.6) is 0 Å². The molecule has 6 nitrogen and oxygen atoms in total. The lowest BCUT2D eigenvalue weighted by molar-refractivity contribution is -0.140. The van der Waals surface area contributed by atoms with Gasteiger partial charge in [0.15, 0.2) is 0 Å². The zero-order valence-corrected chi connectivity index (χ0v) is 14.8. The van der Waals surface area contributed by atoms with Crippen molar-refractivity contribution in [2.75, 3.05) is 13.1 Å². The van der Waals surface area contributed by atoms with E-state index in [-0.39, 0.29) is 17.9 Å². The number of piperidine rings is 1. The van der Waals surface area contributed by atoms with Crippen molar-refractivity contribution in [1.82, 2.24) is 19.9 Å². The summed E-state index contributed by atoms with van der Waals surface area (Å²) in [6.07, 6.45) is 3.88. The Hall–Kier alpha value is -2.21. The number of rotatable bonds is 4. The molecule has 1 amide bonds. The highest BCUT2D eigenvalue weighted by Gasteiger charge is 2.41. The van der Waals surface area contributed by atoms with Gasteiger partial charge in [-0.3, -0.25) is 14.7 Å². The van der Waals surface area contributed by atoms with Gasteiger partial charge in [0, 0.05) is 37.4 Å². The maximum absolute atomic E-state index is 13.0. The first-order chi connectivity index (χ1) is 12.1. The lowest BCUT2D eigenvalue weighted by Gasteiger charge is -2.36. The standard InChI is InChI=1S/C19H24N4O2/c1-13-18(14(2)25-21-13)12-23-17-7-6-15(19(23)24)9-22(11-17)10-16-5-3-4-8-20-16/h3-5,8,15,17H,6-7,9-12H2,1-2H3/t15-,17+/m1/s1. The Morgan fingerprint density at radius 1 is 1.20 bits per heavy atom. The summed E-state index contributed by atoms with van der Waals surface area (Å²) < 4.78 is 5.28. The van der Waals surface area contributed by atoms with Gasteiger partial charge in [-0.25, -0.2) is 0 Å². The van der Waals surface area contributed by atoms with Crippen LogP contribution in [0.1, 0.15) is 35.6 Å². The second-order valence-corrected chi connectivity index (χ2v) is 7.21. The quantitative estimate of drug-likeness (QED) is 0.855. The van der Waals surface area contributed by atoms with Crippen molar-refractivity contribution in [2.45, 2.75) is 45.8 Å². The van der Waals surface area contributed by atoms with Crippen molar-refractivity contribution in [1.29, 1.82) is 0 Å². The lowest BCUT2D eigenvalue weighted by atomic mass is 9.93. The van der Waals surface area contributed by atoms with Crippen LogP contribution in [-0.2, 0) is 17.9 Å². The molecule has 2 aromatic rings. The molecule has 2 bridgehead atoms. The number of fused-ring (bicyclic) bond motifs is 4. The average molecular weight is 340 g/mol. The number of aromatic nitrogens is 2. The van der Waals surface area contributed by atoms with E-state index in [0.29, 0.717) is 6.54 Å². The lowest BCUT2D eigenvalue weighted by Crippen LogP contribution is -2.47. The molecule has 0 aromatic carbocycles. The molecule has 0 unspecified atom stereocenters. The number of hydrogen-bond donors (Lipinski definition) is 0. The van der Waals surface area contributed by atoms with E-state index in [1.165, 1.54) is 0 Å². The van der Waals surface area contributed by atoms with E-state index in [2.05, 4.69) is 26.0 Å². The van der Waals surface area contributed by atoms with Gasteiger partial charge >= 0.3 is 0 Å². The number of carbonyl (C=O) groups is 1. The molecule has 3 aliphatic heterocycles. The van der Waals surface area contributed by atoms with Crippen molar-refractivity contribution >= 4 is 5.91 Å². The molecule has 0 spiro atoms. The normalized spacial score (nSPS) is 23.9. The van der Waals surface area contributed by atoms with Crippen molar-refractivity contribution in [3.8, 4) is 0 Å². The number of hydrogen-bond acceptors (Lipinski definition) is 5. The van der Waals surface area contributed by atoms with Crippen molar-refractivity contribution < 1.29 is 9.32 Å². The molecule has 6 heteroatoms. The summed E-state index contributed by atoms with van der Waals surface area (Å²) in [5.74, 6) is 1.18. The van der Waals surface area contributed by atoms with E-state index in [1.54, 1.807) is 0 Å². The highest BCUT2D eigenvalue weighted by molar-refractivity contribution is 5.80. The van der Waals surface area contributed by atoms with E-state index < -0.39 is 0 Å². The predicted molar refractivity (Wildman–Crippen MR) is 92.6 cm³/mol. The third kappa shape index (κ3) is 3.18. The first-order valence-electron chi connectivity index (χ1n) is 8.96. The van der Waals surface area contributed by atoms with Crippen LogP contribution >= 0.6 is 0 Å². The van der Waals surface area contributed by atoms with Gasteiger partial charge in [-0.1, -0.05) is 11.2 Å². The minimum Gasteiger partial charge on any atom is -0.361 e. The van der Waals surface area contributed by atoms with Crippen LogP contribution in [0.3, 0.4) is 0 Å². The molecule has 2 atom stereocenters. The summed E-state index contributed by atoms with van der Waals surface area (Å²) in [6.45, 7) is 7.01. The predicted octanol–water partition coefficient (Wildman–Crippen LogP) is 2.31. The molecule has 25 heavy (non-hydrogen) atoms. The van der Waals surface area contributed by atoms with Gasteiger partial charge < -0.3 is 9.42 Å². The van der Waals surface area contributed by atoms with Gasteiger partial charge in [0.25, 0.3) is 0 Å². The van der Waals surface area contributed by atoms with Crippen LogP contribution in [0, 0.1) is 19.8 Å². The van der Waals surface area contributed by atoms with E-state index in [4.69, 9.17) is 4.52 Å². The van der Waals surface area contributed by atoms with Gasteiger partial charge in [-0.15, -0.1) is 0 Å². The van der Waals surface area contributed by atoms with Crippen LogP contribution in [0.15, 0.2) is 28.9 Å². The number of aryl methyl sites for hydroxylation is 2. The van der Waals surface area contributed by atoms with E-state index >= 15 is 0 Å². The monoisotopic (exact) mass is 340 g/mol. The topological polar surface area (TPSA) is 62.5 Å². The van der Waals surface area contributed by atoms with Gasteiger partial charge in [0.05, 0.1) is 23.9 Å². The minimum atomic E-state index is 0.0861. The second kappa shape index (κ2) is 6.59. The van der Waals surface area contributed by atoms with Gasteiger partial charge in [0.2, 0.25) is 5.91 Å². The zero-order valence-electron chi connectivity index (χ0n) is 14.8. The van der Waals surface area contributed by atoms with Crippen molar-refractivity contribution in [2.24, 2.45) is 5.92 Å². The first-order valence-corrected chi connectivity index (χ1v) is 8.96. The van der Waals surface area contributed by atoms with Crippen LogP contribution in [0.25, 0.3) is 0 Å². The number of amides is 1. The van der Waals surface area contributed by atoms with Crippen LogP contribution in [-0.4, -0.2) is 45.0 Å². The third-order valence-corrected chi connectivity index (χ3v) is 5.49. The zero-order chi connectivity index (χ0) is 17.4. The van der Waals surface area contributed by atoms with E-state index in [0.717, 1.165) is 55.2 Å². The summed E-state index contributed by atoms with van der Waals surface area (Å²) >= 11 is 0. The minimum absolute atomic E-state index is 0.0861. The molecule has 2 aromatic heterocycles. The number of carbonyl (C=O) groups excluding carboxylic acids is 1. The highest BCUT2D eigenvalue weighted by atomic mass is 16.5. The number of pyridine rings is 1. The Bertz CT molecular complexity index is 739. The fourth-order valence-electron chi connectivity index (χ4n) is 4.09. The van der Waals surface area contributed by atoms with Gasteiger partial charge in [-0.05, 0) is 38.8 Å². The van der Waals surface area contributed by atoms with Crippen LogP contribution in [0.2, 0.25) is 0 Å². The maximum atomic E-state index is 13.0. The Kier molecular flexibility index (Phi) is 4.29. The van der Waals surface area contributed by atoms with E-state index in [1.807, 2.05) is 32.2 Å². The molecule has 0 aliphatic carbocycles. The van der Waals surface area contributed by atoms with Crippen molar-refractivity contribution in [3.63, 3.8) is 0 Å². The Balaban J connectivity index is 1.53. The second-order valence-electron chi connectivity index (χ2n) is 7.21. The third-order valence-electron chi connectivity index (χ3n) is 5.49. The summed E-state index contributed by atoms with van der Waals surface area (Å²) in [5, 5.41) is 4.03. The fraction of sp³-hybridized carbons (Fsp3) is 0.526. The summed E-state index contributed by atoms with van der Waals surface area (Å²) in [4.78, 5) is 21.9. The summed E-state index contributed by atoms with van der Waals surface area (Å²) in [6, 6.07) is 6.26. The average Bonchev–Trinajstić information content (AvgIpc) is 2.77. The maximum Gasteiger partial charge on any atom is 0.227 e. The first kappa shape index (κ1) is 16.3. The van der Waals surface area contributed by atoms with Crippen LogP contribution in [0.4, 0.5) is 0 Å². The molecule has 0 radical (unpaired) electrons. The SMILES string of the molecule is Cc1noc(C)c1CN1C(=O)[C@@H]2CC[C@H]1CN(Cc1ccccn1)C2. The molecule has 3 fully saturated rings. The molecule has 0 saturated carbocycles. The molecule has 0 N–H and O–H groups in total. The largest absolute Gasteiger partial charge is 0.361 e. The van der Waals surface area contributed by atoms with Crippen LogP contribution < -0.4 is 0 Å². The van der Waals surface area contributed by atoms with Crippen molar-refractivity contribution in [3.05, 3.63) is 47.1 Å². The molecule has 3 saturated heterocycles. The molecule has 5 heterocycles. The Morgan fingerprint density at radius 2 is 2.08 bits per heavy atom. The summed E-state index contributed by atoms with van der Waals surface area (Å²) in [7, 11) is 0. The Labute approximate surface area is 147 Å². The molecule has 132 valence electrons. The van der Waals surface area contributed by atoms with Gasteiger partial charge in [-0.2, -0.15) is 0 Å². The smallest absolute Gasteiger partial charge is 0.227 e. The summed E-state index contributed by atoms with van der Waals surface area (Å²) in [5.41, 5.74) is 3.00. The fourth-order valence-corrected chi connectivity index (χ4v) is 4.09. The highest BCUT2D eigenvalue weighted by Crippen LogP contribution is 2.31.